The van der Waals surface area contributed by atoms with E-state index in [0.717, 1.165) is 5.56 Å². The van der Waals surface area contributed by atoms with Crippen LogP contribution in [0, 0.1) is 0 Å². The third kappa shape index (κ3) is 4.59. The standard InChI is InChI=1S/C14H19NO3/c1-3-9-14(2,11-16)15-13(17)18-10-12-7-5-4-6-8-12/h3-8,16H,1,9-11H2,2H3,(H,15,17)/t14-/m0/s1. The number of carbonyl (C=O) groups excluding carboxylic acids is 1. The third-order valence-corrected chi connectivity index (χ3v) is 2.56. The lowest BCUT2D eigenvalue weighted by Gasteiger charge is -2.26. The smallest absolute Gasteiger partial charge is 0.407 e. The van der Waals surface area contributed by atoms with Crippen LogP contribution in [-0.4, -0.2) is 23.3 Å². The molecule has 0 saturated carbocycles. The number of carbonyl (C=O) groups is 1. The van der Waals surface area contributed by atoms with Gasteiger partial charge in [-0.2, -0.15) is 0 Å². The molecule has 4 nitrogen and oxygen atoms in total. The summed E-state index contributed by atoms with van der Waals surface area (Å²) in [5.74, 6) is 0. The summed E-state index contributed by atoms with van der Waals surface area (Å²) in [5, 5.41) is 11.9. The van der Waals surface area contributed by atoms with Gasteiger partial charge in [0.15, 0.2) is 0 Å². The number of hydrogen-bond acceptors (Lipinski definition) is 3. The molecule has 18 heavy (non-hydrogen) atoms. The molecule has 98 valence electrons. The third-order valence-electron chi connectivity index (χ3n) is 2.56. The number of amides is 1. The average molecular weight is 249 g/mol. The van der Waals surface area contributed by atoms with Crippen molar-refractivity contribution >= 4 is 6.09 Å². The van der Waals surface area contributed by atoms with Gasteiger partial charge in [-0.15, -0.1) is 6.58 Å². The number of nitrogens with one attached hydrogen (secondary N) is 1. The minimum Gasteiger partial charge on any atom is -0.445 e. The molecule has 0 fully saturated rings. The highest BCUT2D eigenvalue weighted by Gasteiger charge is 2.24. The predicted molar refractivity (Wildman–Crippen MR) is 70.1 cm³/mol. The molecule has 0 saturated heterocycles. The Labute approximate surface area is 107 Å². The van der Waals surface area contributed by atoms with Gasteiger partial charge in [0.05, 0.1) is 12.1 Å². The first-order valence-electron chi connectivity index (χ1n) is 5.80. The summed E-state index contributed by atoms with van der Waals surface area (Å²) >= 11 is 0. The van der Waals surface area contributed by atoms with Crippen molar-refractivity contribution in [1.29, 1.82) is 0 Å². The molecule has 0 aliphatic rings. The van der Waals surface area contributed by atoms with Crippen molar-refractivity contribution in [3.8, 4) is 0 Å². The predicted octanol–water partition coefficient (Wildman–Crippen LogP) is 2.24. The molecular formula is C14H19NO3. The number of aliphatic hydroxyl groups excluding tert-OH is 1. The lowest BCUT2D eigenvalue weighted by Crippen LogP contribution is -2.48. The number of hydrogen-bond donors (Lipinski definition) is 2. The van der Waals surface area contributed by atoms with Gasteiger partial charge in [0.1, 0.15) is 6.61 Å². The van der Waals surface area contributed by atoms with Gasteiger partial charge >= 0.3 is 6.09 Å². The largest absolute Gasteiger partial charge is 0.445 e. The lowest BCUT2D eigenvalue weighted by molar-refractivity contribution is 0.112. The van der Waals surface area contributed by atoms with Crippen LogP contribution in [0.15, 0.2) is 43.0 Å². The van der Waals surface area contributed by atoms with Crippen LogP contribution in [0.25, 0.3) is 0 Å². The zero-order valence-electron chi connectivity index (χ0n) is 10.6. The minimum atomic E-state index is -0.727. The van der Waals surface area contributed by atoms with Crippen LogP contribution < -0.4 is 5.32 Å². The monoisotopic (exact) mass is 249 g/mol. The summed E-state index contributed by atoms with van der Waals surface area (Å²) in [7, 11) is 0. The summed E-state index contributed by atoms with van der Waals surface area (Å²) < 4.78 is 5.08. The molecule has 0 radical (unpaired) electrons. The molecule has 0 unspecified atom stereocenters. The van der Waals surface area contributed by atoms with E-state index in [1.165, 1.54) is 0 Å². The number of ether oxygens (including phenoxy) is 1. The summed E-state index contributed by atoms with van der Waals surface area (Å²) in [6.45, 7) is 5.37. The zero-order valence-corrected chi connectivity index (χ0v) is 10.6. The molecule has 1 rings (SSSR count). The van der Waals surface area contributed by atoms with E-state index in [1.54, 1.807) is 13.0 Å². The maximum Gasteiger partial charge on any atom is 0.407 e. The molecule has 2 N–H and O–H groups in total. The molecular weight excluding hydrogens is 230 g/mol. The first kappa shape index (κ1) is 14.3. The Morgan fingerprint density at radius 3 is 2.72 bits per heavy atom. The van der Waals surface area contributed by atoms with Crippen molar-refractivity contribution in [2.75, 3.05) is 6.61 Å². The molecule has 0 aromatic heterocycles. The first-order valence-corrected chi connectivity index (χ1v) is 5.80. The fraction of sp³-hybridized carbons (Fsp3) is 0.357. The molecule has 0 heterocycles. The Hall–Kier alpha value is -1.81. The van der Waals surface area contributed by atoms with Gasteiger partial charge in [-0.25, -0.2) is 4.79 Å². The van der Waals surface area contributed by atoms with Crippen LogP contribution in [0.3, 0.4) is 0 Å². The number of benzene rings is 1. The van der Waals surface area contributed by atoms with Crippen LogP contribution in [0.2, 0.25) is 0 Å². The van der Waals surface area contributed by atoms with Gasteiger partial charge < -0.3 is 15.2 Å². The lowest BCUT2D eigenvalue weighted by atomic mass is 10.00. The highest BCUT2D eigenvalue weighted by molar-refractivity contribution is 5.68. The molecule has 4 heteroatoms. The minimum absolute atomic E-state index is 0.167. The molecule has 0 aliphatic heterocycles. The van der Waals surface area contributed by atoms with E-state index in [2.05, 4.69) is 11.9 Å². The molecule has 0 bridgehead atoms. The Balaban J connectivity index is 2.44. The molecule has 1 atom stereocenters. The Morgan fingerprint density at radius 1 is 1.50 bits per heavy atom. The fourth-order valence-electron chi connectivity index (χ4n) is 1.48. The van der Waals surface area contributed by atoms with Crippen LogP contribution in [-0.2, 0) is 11.3 Å². The van der Waals surface area contributed by atoms with E-state index in [0.29, 0.717) is 6.42 Å². The SMILES string of the molecule is C=CC[C@@](C)(CO)NC(=O)OCc1ccccc1. The van der Waals surface area contributed by atoms with Gasteiger partial charge in [0.25, 0.3) is 0 Å². The first-order chi connectivity index (χ1) is 8.59. The molecule has 1 aromatic carbocycles. The Bertz CT molecular complexity index is 391. The Kier molecular flexibility index (Phi) is 5.39. The second kappa shape index (κ2) is 6.81. The maximum atomic E-state index is 11.6. The quantitative estimate of drug-likeness (QED) is 0.760. The van der Waals surface area contributed by atoms with Crippen molar-refractivity contribution in [2.45, 2.75) is 25.5 Å². The summed E-state index contributed by atoms with van der Waals surface area (Å²) in [6.07, 6.45) is 1.58. The number of aliphatic hydroxyl groups is 1. The summed E-state index contributed by atoms with van der Waals surface area (Å²) in [6, 6.07) is 9.42. The topological polar surface area (TPSA) is 58.6 Å². The second-order valence-electron chi connectivity index (χ2n) is 4.40. The van der Waals surface area contributed by atoms with Gasteiger partial charge in [-0.3, -0.25) is 0 Å². The van der Waals surface area contributed by atoms with Gasteiger partial charge in [-0.1, -0.05) is 36.4 Å². The van der Waals surface area contributed by atoms with E-state index in [9.17, 15) is 9.90 Å². The van der Waals surface area contributed by atoms with E-state index < -0.39 is 11.6 Å². The van der Waals surface area contributed by atoms with Crippen LogP contribution in [0.1, 0.15) is 18.9 Å². The van der Waals surface area contributed by atoms with Crippen molar-refractivity contribution in [3.05, 3.63) is 48.6 Å². The molecule has 0 spiro atoms. The zero-order chi connectivity index (χ0) is 13.4. The highest BCUT2D eigenvalue weighted by atomic mass is 16.5. The van der Waals surface area contributed by atoms with Crippen LogP contribution >= 0.6 is 0 Å². The highest BCUT2D eigenvalue weighted by Crippen LogP contribution is 2.10. The summed E-state index contributed by atoms with van der Waals surface area (Å²) in [4.78, 5) is 11.6. The molecule has 1 aromatic rings. The van der Waals surface area contributed by atoms with Crippen molar-refractivity contribution < 1.29 is 14.6 Å². The molecule has 0 aliphatic carbocycles. The second-order valence-corrected chi connectivity index (χ2v) is 4.40. The van der Waals surface area contributed by atoms with Gasteiger partial charge in [-0.05, 0) is 18.9 Å². The van der Waals surface area contributed by atoms with Crippen molar-refractivity contribution in [1.82, 2.24) is 5.32 Å². The van der Waals surface area contributed by atoms with Crippen LogP contribution in [0.5, 0.6) is 0 Å². The van der Waals surface area contributed by atoms with Crippen molar-refractivity contribution in [3.63, 3.8) is 0 Å². The van der Waals surface area contributed by atoms with Crippen LogP contribution in [0.4, 0.5) is 4.79 Å². The number of rotatable bonds is 6. The fourth-order valence-corrected chi connectivity index (χ4v) is 1.48. The van der Waals surface area contributed by atoms with E-state index in [4.69, 9.17) is 4.74 Å². The average Bonchev–Trinajstić information content (AvgIpc) is 2.38. The Morgan fingerprint density at radius 2 is 2.17 bits per heavy atom. The summed E-state index contributed by atoms with van der Waals surface area (Å²) in [5.41, 5.74) is 0.192. The maximum absolute atomic E-state index is 11.6. The van der Waals surface area contributed by atoms with Crippen molar-refractivity contribution in [2.24, 2.45) is 0 Å². The van der Waals surface area contributed by atoms with E-state index >= 15 is 0 Å². The van der Waals surface area contributed by atoms with Gasteiger partial charge in [0.2, 0.25) is 0 Å². The molecule has 1 amide bonds. The van der Waals surface area contributed by atoms with E-state index in [-0.39, 0.29) is 13.2 Å². The van der Waals surface area contributed by atoms with Gasteiger partial charge in [0, 0.05) is 0 Å². The number of alkyl carbamates (subject to hydrolysis) is 1. The van der Waals surface area contributed by atoms with E-state index in [1.807, 2.05) is 30.3 Å². The normalized spacial score (nSPS) is 13.4.